The number of hydrogen-bond acceptors (Lipinski definition) is 5. The monoisotopic (exact) mass is 386 g/mol. The normalized spacial score (nSPS) is 11.2. The number of anilines is 2. The molecule has 2 N–H and O–H groups in total. The molecule has 6 nitrogen and oxygen atoms in total. The van der Waals surface area contributed by atoms with Crippen LogP contribution < -0.4 is 10.0 Å². The molecule has 0 spiro atoms. The first kappa shape index (κ1) is 18.8. The number of aromatic nitrogens is 2. The second-order valence-electron chi connectivity index (χ2n) is 6.12. The molecule has 0 aliphatic carbocycles. The second kappa shape index (κ2) is 7.71. The molecule has 0 amide bonds. The molecule has 0 atom stereocenters. The van der Waals surface area contributed by atoms with Crippen molar-refractivity contribution < 1.29 is 12.8 Å². The number of aryl methyl sites for hydroxylation is 2. The van der Waals surface area contributed by atoms with Crippen LogP contribution in [0.4, 0.5) is 16.0 Å². The van der Waals surface area contributed by atoms with E-state index in [-0.39, 0.29) is 23.1 Å². The molecule has 0 saturated carbocycles. The van der Waals surface area contributed by atoms with Crippen molar-refractivity contribution in [2.45, 2.75) is 25.3 Å². The Labute approximate surface area is 157 Å². The Hall–Kier alpha value is -3.00. The van der Waals surface area contributed by atoms with Gasteiger partial charge in [0.25, 0.3) is 10.0 Å². The molecular weight excluding hydrogens is 367 g/mol. The van der Waals surface area contributed by atoms with E-state index in [4.69, 9.17) is 0 Å². The largest absolute Gasteiger partial charge is 0.364 e. The first-order chi connectivity index (χ1) is 12.8. The zero-order chi connectivity index (χ0) is 19.4. The van der Waals surface area contributed by atoms with Crippen LogP contribution in [-0.2, 0) is 16.6 Å². The highest BCUT2D eigenvalue weighted by Crippen LogP contribution is 2.19. The Morgan fingerprint density at radius 3 is 2.33 bits per heavy atom. The molecule has 1 heterocycles. The summed E-state index contributed by atoms with van der Waals surface area (Å²) >= 11 is 0. The maximum absolute atomic E-state index is 13.6. The van der Waals surface area contributed by atoms with Crippen LogP contribution in [0.25, 0.3) is 0 Å². The van der Waals surface area contributed by atoms with Gasteiger partial charge in [0.2, 0.25) is 0 Å². The highest BCUT2D eigenvalue weighted by molar-refractivity contribution is 7.92. The summed E-state index contributed by atoms with van der Waals surface area (Å²) in [5.41, 5.74) is 2.13. The molecule has 0 aliphatic rings. The number of nitrogens with zero attached hydrogens (tertiary/aromatic N) is 2. The Kier molecular flexibility index (Phi) is 5.36. The fourth-order valence-corrected chi connectivity index (χ4v) is 3.83. The Balaban J connectivity index is 1.69. The van der Waals surface area contributed by atoms with Crippen LogP contribution >= 0.6 is 0 Å². The van der Waals surface area contributed by atoms with Gasteiger partial charge in [-0.25, -0.2) is 12.8 Å². The molecule has 0 saturated heterocycles. The lowest BCUT2D eigenvalue weighted by atomic mass is 10.2. The summed E-state index contributed by atoms with van der Waals surface area (Å²) in [6.45, 7) is 3.88. The van der Waals surface area contributed by atoms with E-state index in [0.717, 1.165) is 5.56 Å². The lowest BCUT2D eigenvalue weighted by molar-refractivity contribution is 0.600. The summed E-state index contributed by atoms with van der Waals surface area (Å²) in [5.74, 6) is 0.204. The average Bonchev–Trinajstić information content (AvgIpc) is 2.61. The molecule has 2 aromatic carbocycles. The molecule has 1 aromatic heterocycles. The fraction of sp³-hybridized carbons (Fsp3) is 0.158. The number of halogens is 1. The summed E-state index contributed by atoms with van der Waals surface area (Å²) in [6, 6.07) is 14.6. The Bertz CT molecular complexity index is 1050. The van der Waals surface area contributed by atoms with Gasteiger partial charge in [-0.05, 0) is 43.7 Å². The summed E-state index contributed by atoms with van der Waals surface area (Å²) in [6.07, 6.45) is 0. The first-order valence-electron chi connectivity index (χ1n) is 8.26. The molecule has 0 radical (unpaired) electrons. The number of benzene rings is 2. The van der Waals surface area contributed by atoms with E-state index in [1.807, 2.05) is 6.92 Å². The minimum atomic E-state index is -3.76. The van der Waals surface area contributed by atoms with Crippen molar-refractivity contribution in [2.75, 3.05) is 10.0 Å². The maximum Gasteiger partial charge on any atom is 0.263 e. The molecule has 0 bridgehead atoms. The molecule has 0 fully saturated rings. The molecule has 8 heteroatoms. The van der Waals surface area contributed by atoms with Crippen molar-refractivity contribution in [3.63, 3.8) is 0 Å². The maximum atomic E-state index is 13.6. The van der Waals surface area contributed by atoms with Crippen molar-refractivity contribution in [3.05, 3.63) is 77.1 Å². The lowest BCUT2D eigenvalue weighted by Gasteiger charge is -2.11. The zero-order valence-electron chi connectivity index (χ0n) is 14.9. The Morgan fingerprint density at radius 1 is 0.963 bits per heavy atom. The van der Waals surface area contributed by atoms with Crippen LogP contribution in [0.2, 0.25) is 0 Å². The molecule has 140 valence electrons. The third-order valence-electron chi connectivity index (χ3n) is 3.94. The summed E-state index contributed by atoms with van der Waals surface area (Å²) < 4.78 is 41.1. The van der Waals surface area contributed by atoms with Gasteiger partial charge in [-0.2, -0.15) is 0 Å². The van der Waals surface area contributed by atoms with E-state index in [0.29, 0.717) is 16.9 Å². The molecule has 0 unspecified atom stereocenters. The van der Waals surface area contributed by atoms with Crippen LogP contribution in [0.3, 0.4) is 0 Å². The van der Waals surface area contributed by atoms with Crippen LogP contribution in [0.15, 0.2) is 59.5 Å². The highest BCUT2D eigenvalue weighted by Gasteiger charge is 2.17. The number of hydrogen-bond donors (Lipinski definition) is 2. The van der Waals surface area contributed by atoms with Crippen LogP contribution in [0.1, 0.15) is 16.7 Å². The number of sulfonamides is 1. The van der Waals surface area contributed by atoms with Crippen LogP contribution in [0.5, 0.6) is 0 Å². The average molecular weight is 386 g/mol. The van der Waals surface area contributed by atoms with E-state index in [2.05, 4.69) is 20.2 Å². The third kappa shape index (κ3) is 4.59. The number of nitrogens with one attached hydrogen (secondary N) is 2. The van der Waals surface area contributed by atoms with E-state index in [1.165, 1.54) is 12.1 Å². The molecule has 0 aliphatic heterocycles. The standard InChI is InChI=1S/C19H19FN4O2S/c1-13-7-8-17(14(2)11-13)27(25,26)24-19-10-9-18(22-23-19)21-12-15-5-3-4-6-16(15)20/h3-11H,12H2,1-2H3,(H,21,22)(H,23,24). The zero-order valence-corrected chi connectivity index (χ0v) is 15.7. The SMILES string of the molecule is Cc1ccc(S(=O)(=O)Nc2ccc(NCc3ccccc3F)nn2)c(C)c1. The molecule has 3 aromatic rings. The minimum Gasteiger partial charge on any atom is -0.364 e. The molecular formula is C19H19FN4O2S. The van der Waals surface area contributed by atoms with E-state index >= 15 is 0 Å². The van der Waals surface area contributed by atoms with Gasteiger partial charge >= 0.3 is 0 Å². The fourth-order valence-electron chi connectivity index (χ4n) is 2.60. The minimum absolute atomic E-state index is 0.103. The van der Waals surface area contributed by atoms with Crippen molar-refractivity contribution >= 4 is 21.7 Å². The van der Waals surface area contributed by atoms with Gasteiger partial charge in [0.15, 0.2) is 5.82 Å². The topological polar surface area (TPSA) is 84.0 Å². The van der Waals surface area contributed by atoms with Crippen molar-refractivity contribution in [3.8, 4) is 0 Å². The van der Waals surface area contributed by atoms with E-state index in [1.54, 1.807) is 49.4 Å². The van der Waals surface area contributed by atoms with Gasteiger partial charge < -0.3 is 5.32 Å². The van der Waals surface area contributed by atoms with Crippen molar-refractivity contribution in [2.24, 2.45) is 0 Å². The van der Waals surface area contributed by atoms with Gasteiger partial charge in [-0.15, -0.1) is 10.2 Å². The number of rotatable bonds is 6. The van der Waals surface area contributed by atoms with Gasteiger partial charge in [0.1, 0.15) is 11.6 Å². The van der Waals surface area contributed by atoms with Crippen molar-refractivity contribution in [1.29, 1.82) is 0 Å². The molecule has 27 heavy (non-hydrogen) atoms. The van der Waals surface area contributed by atoms with Crippen LogP contribution in [0, 0.1) is 19.7 Å². The quantitative estimate of drug-likeness (QED) is 0.676. The van der Waals surface area contributed by atoms with Crippen LogP contribution in [-0.4, -0.2) is 18.6 Å². The van der Waals surface area contributed by atoms with E-state index < -0.39 is 10.0 Å². The summed E-state index contributed by atoms with van der Waals surface area (Å²) in [5, 5.41) is 10.8. The smallest absolute Gasteiger partial charge is 0.263 e. The molecule has 3 rings (SSSR count). The highest BCUT2D eigenvalue weighted by atomic mass is 32.2. The van der Waals surface area contributed by atoms with Crippen molar-refractivity contribution in [1.82, 2.24) is 10.2 Å². The first-order valence-corrected chi connectivity index (χ1v) is 9.74. The van der Waals surface area contributed by atoms with E-state index in [9.17, 15) is 12.8 Å². The van der Waals surface area contributed by atoms with Gasteiger partial charge in [0, 0.05) is 12.1 Å². The predicted octanol–water partition coefficient (Wildman–Crippen LogP) is 3.65. The Morgan fingerprint density at radius 2 is 1.67 bits per heavy atom. The third-order valence-corrected chi connectivity index (χ3v) is 5.46. The van der Waals surface area contributed by atoms with Gasteiger partial charge in [-0.1, -0.05) is 35.9 Å². The second-order valence-corrected chi connectivity index (χ2v) is 7.77. The van der Waals surface area contributed by atoms with Gasteiger partial charge in [-0.3, -0.25) is 4.72 Å². The summed E-state index contributed by atoms with van der Waals surface area (Å²) in [7, 11) is -3.76. The van der Waals surface area contributed by atoms with Gasteiger partial charge in [0.05, 0.1) is 4.90 Å². The lowest BCUT2D eigenvalue weighted by Crippen LogP contribution is -2.16. The predicted molar refractivity (Wildman–Crippen MR) is 102 cm³/mol. The summed E-state index contributed by atoms with van der Waals surface area (Å²) in [4.78, 5) is 0.191.